The third-order valence-corrected chi connectivity index (χ3v) is 2.60. The number of carbonyl (C=O) groups excluding carboxylic acids is 1. The highest BCUT2D eigenvalue weighted by Gasteiger charge is 2.26. The van der Waals surface area contributed by atoms with Crippen molar-refractivity contribution in [2.45, 2.75) is 33.7 Å². The van der Waals surface area contributed by atoms with E-state index in [2.05, 4.69) is 37.9 Å². The van der Waals surface area contributed by atoms with Gasteiger partial charge in [-0.15, -0.1) is 0 Å². The lowest BCUT2D eigenvalue weighted by Crippen LogP contribution is -2.56. The van der Waals surface area contributed by atoms with Crippen LogP contribution in [0.5, 0.6) is 0 Å². The summed E-state index contributed by atoms with van der Waals surface area (Å²) in [5.74, 6) is 1.33. The lowest BCUT2D eigenvalue weighted by Gasteiger charge is -2.35. The minimum absolute atomic E-state index is 0.176. The van der Waals surface area contributed by atoms with Gasteiger partial charge in [0, 0.05) is 19.1 Å². The van der Waals surface area contributed by atoms with E-state index in [1.54, 1.807) is 0 Å². The zero-order valence-corrected chi connectivity index (χ0v) is 9.71. The predicted molar refractivity (Wildman–Crippen MR) is 58.0 cm³/mol. The average Bonchev–Trinajstić information content (AvgIpc) is 2.01. The van der Waals surface area contributed by atoms with Crippen LogP contribution in [0.15, 0.2) is 0 Å². The highest BCUT2D eigenvalue weighted by molar-refractivity contribution is 5.79. The lowest BCUT2D eigenvalue weighted by atomic mass is 10.0. The normalized spacial score (nSPS) is 24.4. The molecule has 1 saturated heterocycles. The van der Waals surface area contributed by atoms with E-state index < -0.39 is 0 Å². The van der Waals surface area contributed by atoms with E-state index in [0.29, 0.717) is 24.4 Å². The standard InChI is InChI=1S/C11H22N2O/c1-8(2)5-13-6-10(9(3)4)12-11(14)7-13/h8-10H,5-7H2,1-4H3,(H,12,14). The van der Waals surface area contributed by atoms with E-state index >= 15 is 0 Å². The first kappa shape index (κ1) is 11.5. The van der Waals surface area contributed by atoms with Crippen LogP contribution in [0.1, 0.15) is 27.7 Å². The number of hydrogen-bond acceptors (Lipinski definition) is 2. The molecular formula is C11H22N2O. The highest BCUT2D eigenvalue weighted by Crippen LogP contribution is 2.10. The Labute approximate surface area is 86.9 Å². The van der Waals surface area contributed by atoms with Crippen LogP contribution in [0.4, 0.5) is 0 Å². The molecule has 82 valence electrons. The Hall–Kier alpha value is -0.570. The molecule has 3 heteroatoms. The van der Waals surface area contributed by atoms with Crippen LogP contribution < -0.4 is 5.32 Å². The zero-order chi connectivity index (χ0) is 10.7. The molecule has 0 aromatic rings. The Kier molecular flexibility index (Phi) is 3.93. The van der Waals surface area contributed by atoms with Crippen molar-refractivity contribution in [3.63, 3.8) is 0 Å². The monoisotopic (exact) mass is 198 g/mol. The summed E-state index contributed by atoms with van der Waals surface area (Å²) in [6, 6.07) is 0.329. The first-order valence-electron chi connectivity index (χ1n) is 5.50. The van der Waals surface area contributed by atoms with Crippen LogP contribution >= 0.6 is 0 Å². The molecule has 1 fully saturated rings. The van der Waals surface area contributed by atoms with Gasteiger partial charge < -0.3 is 5.32 Å². The highest BCUT2D eigenvalue weighted by atomic mass is 16.2. The first-order valence-corrected chi connectivity index (χ1v) is 5.50. The second kappa shape index (κ2) is 4.78. The molecular weight excluding hydrogens is 176 g/mol. The van der Waals surface area contributed by atoms with Gasteiger partial charge >= 0.3 is 0 Å². The van der Waals surface area contributed by atoms with Gasteiger partial charge in [0.25, 0.3) is 0 Å². The molecule has 1 unspecified atom stereocenters. The van der Waals surface area contributed by atoms with Crippen molar-refractivity contribution in [2.24, 2.45) is 11.8 Å². The molecule has 1 atom stereocenters. The maximum Gasteiger partial charge on any atom is 0.234 e. The SMILES string of the molecule is CC(C)CN1CC(=O)NC(C(C)C)C1. The molecule has 1 heterocycles. The fourth-order valence-corrected chi connectivity index (χ4v) is 1.88. The summed E-state index contributed by atoms with van der Waals surface area (Å²) < 4.78 is 0. The van der Waals surface area contributed by atoms with Gasteiger partial charge in [0.1, 0.15) is 0 Å². The maximum absolute atomic E-state index is 11.4. The van der Waals surface area contributed by atoms with Crippen molar-refractivity contribution in [2.75, 3.05) is 19.6 Å². The summed E-state index contributed by atoms with van der Waals surface area (Å²) in [6.45, 7) is 11.3. The van der Waals surface area contributed by atoms with E-state index in [1.807, 2.05) is 0 Å². The average molecular weight is 198 g/mol. The second-order valence-electron chi connectivity index (χ2n) is 5.01. The van der Waals surface area contributed by atoms with Gasteiger partial charge in [0.15, 0.2) is 0 Å². The van der Waals surface area contributed by atoms with E-state index in [0.717, 1.165) is 13.1 Å². The third-order valence-electron chi connectivity index (χ3n) is 2.60. The molecule has 0 saturated carbocycles. The van der Waals surface area contributed by atoms with Gasteiger partial charge in [-0.25, -0.2) is 0 Å². The third kappa shape index (κ3) is 3.29. The van der Waals surface area contributed by atoms with Crippen LogP contribution in [0.2, 0.25) is 0 Å². The molecule has 14 heavy (non-hydrogen) atoms. The largest absolute Gasteiger partial charge is 0.351 e. The van der Waals surface area contributed by atoms with Gasteiger partial charge in [-0.3, -0.25) is 9.69 Å². The van der Waals surface area contributed by atoms with Crippen LogP contribution in [0.3, 0.4) is 0 Å². The minimum atomic E-state index is 0.176. The molecule has 0 aromatic carbocycles. The Morgan fingerprint density at radius 2 is 2.07 bits per heavy atom. The number of rotatable bonds is 3. The van der Waals surface area contributed by atoms with E-state index in [1.165, 1.54) is 0 Å². The summed E-state index contributed by atoms with van der Waals surface area (Å²) in [4.78, 5) is 13.7. The molecule has 3 nitrogen and oxygen atoms in total. The zero-order valence-electron chi connectivity index (χ0n) is 9.71. The van der Waals surface area contributed by atoms with Crippen LogP contribution in [0.25, 0.3) is 0 Å². The van der Waals surface area contributed by atoms with E-state index in [4.69, 9.17) is 0 Å². The lowest BCUT2D eigenvalue weighted by molar-refractivity contribution is -0.126. The van der Waals surface area contributed by atoms with Gasteiger partial charge in [-0.1, -0.05) is 27.7 Å². The quantitative estimate of drug-likeness (QED) is 0.736. The summed E-state index contributed by atoms with van der Waals surface area (Å²) in [5, 5.41) is 3.04. The number of hydrogen-bond donors (Lipinski definition) is 1. The number of piperazine rings is 1. The van der Waals surface area contributed by atoms with Crippen molar-refractivity contribution >= 4 is 5.91 Å². The molecule has 1 N–H and O–H groups in total. The smallest absolute Gasteiger partial charge is 0.234 e. The number of nitrogens with one attached hydrogen (secondary N) is 1. The Balaban J connectivity index is 2.49. The molecule has 1 rings (SSSR count). The minimum Gasteiger partial charge on any atom is -0.351 e. The van der Waals surface area contributed by atoms with E-state index in [9.17, 15) is 4.79 Å². The van der Waals surface area contributed by atoms with Crippen molar-refractivity contribution in [1.29, 1.82) is 0 Å². The Morgan fingerprint density at radius 3 is 2.57 bits per heavy atom. The topological polar surface area (TPSA) is 32.3 Å². The van der Waals surface area contributed by atoms with Gasteiger partial charge in [-0.05, 0) is 11.8 Å². The van der Waals surface area contributed by atoms with E-state index in [-0.39, 0.29) is 5.91 Å². The van der Waals surface area contributed by atoms with Crippen molar-refractivity contribution in [3.8, 4) is 0 Å². The Morgan fingerprint density at radius 1 is 1.43 bits per heavy atom. The molecule has 0 aromatic heterocycles. The summed E-state index contributed by atoms with van der Waals surface area (Å²) >= 11 is 0. The summed E-state index contributed by atoms with van der Waals surface area (Å²) in [7, 11) is 0. The molecule has 1 aliphatic heterocycles. The molecule has 0 radical (unpaired) electrons. The summed E-state index contributed by atoms with van der Waals surface area (Å²) in [6.07, 6.45) is 0. The van der Waals surface area contributed by atoms with Gasteiger partial charge in [0.05, 0.1) is 6.54 Å². The first-order chi connectivity index (χ1) is 6.49. The molecule has 0 aliphatic carbocycles. The second-order valence-corrected chi connectivity index (χ2v) is 5.01. The van der Waals surface area contributed by atoms with Crippen molar-refractivity contribution in [3.05, 3.63) is 0 Å². The van der Waals surface area contributed by atoms with Crippen molar-refractivity contribution in [1.82, 2.24) is 10.2 Å². The number of nitrogens with zero attached hydrogens (tertiary/aromatic N) is 1. The number of carbonyl (C=O) groups is 1. The fraction of sp³-hybridized carbons (Fsp3) is 0.909. The molecule has 0 spiro atoms. The summed E-state index contributed by atoms with van der Waals surface area (Å²) in [5.41, 5.74) is 0. The van der Waals surface area contributed by atoms with Gasteiger partial charge in [0.2, 0.25) is 5.91 Å². The van der Waals surface area contributed by atoms with Crippen molar-refractivity contribution < 1.29 is 4.79 Å². The predicted octanol–water partition coefficient (Wildman–Crippen LogP) is 1.10. The molecule has 0 bridgehead atoms. The number of amides is 1. The van der Waals surface area contributed by atoms with Crippen LogP contribution in [-0.2, 0) is 4.79 Å². The molecule has 1 amide bonds. The molecule has 1 aliphatic rings. The van der Waals surface area contributed by atoms with Crippen LogP contribution in [-0.4, -0.2) is 36.5 Å². The van der Waals surface area contributed by atoms with Crippen LogP contribution in [0, 0.1) is 11.8 Å². The maximum atomic E-state index is 11.4. The fourth-order valence-electron chi connectivity index (χ4n) is 1.88. The van der Waals surface area contributed by atoms with Gasteiger partial charge in [-0.2, -0.15) is 0 Å². The Bertz CT molecular complexity index is 201.